The predicted octanol–water partition coefficient (Wildman–Crippen LogP) is 4.10. The highest BCUT2D eigenvalue weighted by atomic mass is 35.5. The number of nitrogens with one attached hydrogen (secondary N) is 1. The van der Waals surface area contributed by atoms with Crippen molar-refractivity contribution in [2.75, 3.05) is 5.73 Å². The van der Waals surface area contributed by atoms with Gasteiger partial charge in [-0.3, -0.25) is 4.79 Å². The fraction of sp³-hybridized carbons (Fsp3) is 0.158. The number of H-pyrrole nitrogens is 1. The van der Waals surface area contributed by atoms with Crippen molar-refractivity contribution >= 4 is 24.1 Å². The van der Waals surface area contributed by atoms with E-state index in [0.717, 1.165) is 29.5 Å². The van der Waals surface area contributed by atoms with E-state index >= 15 is 0 Å². The predicted molar refractivity (Wildman–Crippen MR) is 98.5 cm³/mol. The number of halogens is 3. The molecule has 7 heteroatoms. The minimum Gasteiger partial charge on any atom is -0.369 e. The summed E-state index contributed by atoms with van der Waals surface area (Å²) >= 11 is 0. The largest absolute Gasteiger partial charge is 0.369 e. The molecule has 0 aliphatic heterocycles. The third kappa shape index (κ3) is 4.89. The Labute approximate surface area is 155 Å². The summed E-state index contributed by atoms with van der Waals surface area (Å²) in [6.45, 7) is 0. The van der Waals surface area contributed by atoms with Gasteiger partial charge < -0.3 is 10.7 Å². The van der Waals surface area contributed by atoms with Crippen LogP contribution in [0.4, 0.5) is 14.7 Å². The van der Waals surface area contributed by atoms with Crippen LogP contribution in [-0.2, 0) is 12.8 Å². The minimum atomic E-state index is -0.767. The number of aromatic nitrogens is 2. The van der Waals surface area contributed by atoms with E-state index in [-0.39, 0.29) is 36.1 Å². The van der Waals surface area contributed by atoms with Crippen LogP contribution in [0.2, 0.25) is 0 Å². The standard InChI is InChI=1S/C19H17F2N3O.ClH/c20-14-9-13(10-15(21)11-14)18(25)7-6-16-17(24-19(22)23-16)8-12-4-2-1-3-5-12;/h1-5,9-11H,6-8H2,(H3,22,23,24);1H. The molecule has 1 aromatic heterocycles. The molecule has 0 aliphatic rings. The highest BCUT2D eigenvalue weighted by molar-refractivity contribution is 5.96. The number of Topliss-reactive ketones (excluding diaryl/α,β-unsaturated/α-hetero) is 1. The van der Waals surface area contributed by atoms with E-state index in [1.807, 2.05) is 30.3 Å². The molecular formula is C19H18ClF2N3O. The second-order valence-electron chi connectivity index (χ2n) is 5.79. The Bertz CT molecular complexity index is 877. The van der Waals surface area contributed by atoms with Gasteiger partial charge in [0.1, 0.15) is 11.6 Å². The normalized spacial score (nSPS) is 10.4. The Morgan fingerprint density at radius 1 is 1.08 bits per heavy atom. The van der Waals surface area contributed by atoms with Gasteiger partial charge in [0, 0.05) is 30.2 Å². The van der Waals surface area contributed by atoms with Crippen LogP contribution in [0, 0.1) is 11.6 Å². The number of nitrogen functional groups attached to an aromatic ring is 1. The van der Waals surface area contributed by atoms with Gasteiger partial charge in [-0.1, -0.05) is 30.3 Å². The van der Waals surface area contributed by atoms with Gasteiger partial charge in [-0.2, -0.15) is 0 Å². The molecule has 0 saturated heterocycles. The Morgan fingerprint density at radius 2 is 1.73 bits per heavy atom. The number of anilines is 1. The number of nitrogens with zero attached hydrogens (tertiary/aromatic N) is 1. The summed E-state index contributed by atoms with van der Waals surface area (Å²) in [5, 5.41) is 0. The average Bonchev–Trinajstić information content (AvgIpc) is 2.92. The summed E-state index contributed by atoms with van der Waals surface area (Å²) in [7, 11) is 0. The summed E-state index contributed by atoms with van der Waals surface area (Å²) in [6, 6.07) is 12.6. The maximum atomic E-state index is 13.2. The molecule has 0 amide bonds. The van der Waals surface area contributed by atoms with Gasteiger partial charge in [0.2, 0.25) is 0 Å². The summed E-state index contributed by atoms with van der Waals surface area (Å²) in [6.07, 6.45) is 1.05. The first-order valence-electron chi connectivity index (χ1n) is 7.87. The Morgan fingerprint density at radius 3 is 2.38 bits per heavy atom. The molecule has 3 aromatic rings. The molecule has 0 spiro atoms. The van der Waals surface area contributed by atoms with Crippen LogP contribution in [0.15, 0.2) is 48.5 Å². The zero-order valence-corrected chi connectivity index (χ0v) is 14.7. The van der Waals surface area contributed by atoms with Gasteiger partial charge >= 0.3 is 0 Å². The SMILES string of the molecule is Cl.Nc1nc(CCC(=O)c2cc(F)cc(F)c2)c(Cc2ccccc2)[nH]1. The van der Waals surface area contributed by atoms with E-state index in [1.165, 1.54) is 0 Å². The van der Waals surface area contributed by atoms with Gasteiger partial charge in [-0.05, 0) is 24.1 Å². The highest BCUT2D eigenvalue weighted by Crippen LogP contribution is 2.17. The molecule has 0 atom stereocenters. The number of imidazole rings is 1. The number of benzene rings is 2. The fourth-order valence-electron chi connectivity index (χ4n) is 2.71. The van der Waals surface area contributed by atoms with Crippen molar-refractivity contribution in [2.45, 2.75) is 19.3 Å². The van der Waals surface area contributed by atoms with E-state index in [2.05, 4.69) is 9.97 Å². The number of carbonyl (C=O) groups excluding carboxylic acids is 1. The molecule has 4 nitrogen and oxygen atoms in total. The molecule has 1 heterocycles. The first-order valence-corrected chi connectivity index (χ1v) is 7.87. The van der Waals surface area contributed by atoms with E-state index < -0.39 is 11.6 Å². The Kier molecular flexibility index (Phi) is 6.46. The first-order chi connectivity index (χ1) is 12.0. The number of ketones is 1. The highest BCUT2D eigenvalue weighted by Gasteiger charge is 2.14. The fourth-order valence-corrected chi connectivity index (χ4v) is 2.71. The lowest BCUT2D eigenvalue weighted by Crippen LogP contribution is -2.04. The first kappa shape index (κ1) is 19.6. The second kappa shape index (κ2) is 8.58. The molecule has 0 aliphatic carbocycles. The van der Waals surface area contributed by atoms with Gasteiger partial charge in [-0.15, -0.1) is 12.4 Å². The summed E-state index contributed by atoms with van der Waals surface area (Å²) in [5.74, 6) is -1.59. The van der Waals surface area contributed by atoms with Crippen LogP contribution in [-0.4, -0.2) is 15.8 Å². The second-order valence-corrected chi connectivity index (χ2v) is 5.79. The van der Waals surface area contributed by atoms with E-state index in [0.29, 0.717) is 18.5 Å². The third-order valence-corrected chi connectivity index (χ3v) is 3.88. The van der Waals surface area contributed by atoms with Crippen LogP contribution in [0.5, 0.6) is 0 Å². The van der Waals surface area contributed by atoms with Gasteiger partial charge in [-0.25, -0.2) is 13.8 Å². The monoisotopic (exact) mass is 377 g/mol. The van der Waals surface area contributed by atoms with E-state index in [9.17, 15) is 13.6 Å². The Balaban J connectivity index is 0.00000243. The molecule has 2 aromatic carbocycles. The van der Waals surface area contributed by atoms with Crippen LogP contribution in [0.25, 0.3) is 0 Å². The van der Waals surface area contributed by atoms with Crippen LogP contribution in [0.1, 0.15) is 33.7 Å². The van der Waals surface area contributed by atoms with Crippen molar-refractivity contribution in [1.29, 1.82) is 0 Å². The quantitative estimate of drug-likeness (QED) is 0.635. The number of aromatic amines is 1. The van der Waals surface area contributed by atoms with E-state index in [1.54, 1.807) is 0 Å². The number of aryl methyl sites for hydroxylation is 1. The number of nitrogens with two attached hydrogens (primary N) is 1. The minimum absolute atomic E-state index is 0. The zero-order chi connectivity index (χ0) is 17.8. The number of hydrogen-bond donors (Lipinski definition) is 2. The van der Waals surface area contributed by atoms with Crippen molar-refractivity contribution in [3.05, 3.63) is 82.7 Å². The molecule has 3 N–H and O–H groups in total. The van der Waals surface area contributed by atoms with Crippen LogP contribution >= 0.6 is 12.4 Å². The average molecular weight is 378 g/mol. The van der Waals surface area contributed by atoms with Crippen molar-refractivity contribution in [2.24, 2.45) is 0 Å². The molecule has 3 rings (SSSR count). The summed E-state index contributed by atoms with van der Waals surface area (Å²) in [4.78, 5) is 19.4. The maximum Gasteiger partial charge on any atom is 0.197 e. The maximum absolute atomic E-state index is 13.2. The lowest BCUT2D eigenvalue weighted by Gasteiger charge is -2.04. The van der Waals surface area contributed by atoms with Gasteiger partial charge in [0.25, 0.3) is 0 Å². The number of hydrogen-bond acceptors (Lipinski definition) is 3. The zero-order valence-electron chi connectivity index (χ0n) is 13.8. The lowest BCUT2D eigenvalue weighted by atomic mass is 10.0. The number of rotatable bonds is 6. The van der Waals surface area contributed by atoms with Gasteiger partial charge in [0.05, 0.1) is 5.69 Å². The van der Waals surface area contributed by atoms with Crippen molar-refractivity contribution in [1.82, 2.24) is 9.97 Å². The van der Waals surface area contributed by atoms with Crippen molar-refractivity contribution in [3.63, 3.8) is 0 Å². The summed E-state index contributed by atoms with van der Waals surface area (Å²) in [5.41, 5.74) is 8.37. The topological polar surface area (TPSA) is 71.8 Å². The molecule has 0 fully saturated rings. The van der Waals surface area contributed by atoms with Crippen LogP contribution < -0.4 is 5.73 Å². The van der Waals surface area contributed by atoms with Crippen molar-refractivity contribution < 1.29 is 13.6 Å². The van der Waals surface area contributed by atoms with Crippen LogP contribution in [0.3, 0.4) is 0 Å². The molecule has 0 bridgehead atoms. The van der Waals surface area contributed by atoms with E-state index in [4.69, 9.17) is 5.73 Å². The van der Waals surface area contributed by atoms with Crippen molar-refractivity contribution in [3.8, 4) is 0 Å². The molecule has 0 radical (unpaired) electrons. The molecule has 0 unspecified atom stereocenters. The molecule has 0 saturated carbocycles. The molecule has 26 heavy (non-hydrogen) atoms. The lowest BCUT2D eigenvalue weighted by molar-refractivity contribution is 0.0981. The molecular weight excluding hydrogens is 360 g/mol. The third-order valence-electron chi connectivity index (χ3n) is 3.88. The number of carbonyl (C=O) groups is 1. The summed E-state index contributed by atoms with van der Waals surface area (Å²) < 4.78 is 26.5. The van der Waals surface area contributed by atoms with Gasteiger partial charge in [0.15, 0.2) is 11.7 Å². The smallest absolute Gasteiger partial charge is 0.197 e. The Hall–Kier alpha value is -2.73. The molecule has 136 valence electrons.